The van der Waals surface area contributed by atoms with Gasteiger partial charge >= 0.3 is 0 Å². The number of halogens is 2. The van der Waals surface area contributed by atoms with Gasteiger partial charge in [0.05, 0.1) is 27.4 Å². The summed E-state index contributed by atoms with van der Waals surface area (Å²) in [6, 6.07) is 5.94. The fourth-order valence-corrected chi connectivity index (χ4v) is 2.15. The van der Waals surface area contributed by atoms with Crippen LogP contribution in [0.25, 0.3) is 0 Å². The molecule has 2 aromatic rings. The highest BCUT2D eigenvalue weighted by Gasteiger charge is 2.10. The molecule has 1 N–H and O–H groups in total. The molecule has 1 aromatic carbocycles. The summed E-state index contributed by atoms with van der Waals surface area (Å²) in [6.45, 7) is 2.09. The highest BCUT2D eigenvalue weighted by atomic mass is 79.9. The largest absolute Gasteiger partial charge is 0.377 e. The average molecular weight is 315 g/mol. The first-order valence-corrected chi connectivity index (χ1v) is 6.44. The fraction of sp³-hybridized carbons (Fsp3) is 0.250. The van der Waals surface area contributed by atoms with Gasteiger partial charge in [-0.05, 0) is 35.0 Å². The van der Waals surface area contributed by atoms with Crippen molar-refractivity contribution in [3.8, 4) is 0 Å². The first-order chi connectivity index (χ1) is 8.08. The van der Waals surface area contributed by atoms with Crippen LogP contribution >= 0.6 is 27.5 Å². The molecule has 17 heavy (non-hydrogen) atoms. The molecule has 0 spiro atoms. The summed E-state index contributed by atoms with van der Waals surface area (Å²) in [5.74, 6) is 0. The molecule has 0 fully saturated rings. The van der Waals surface area contributed by atoms with Crippen LogP contribution in [0.5, 0.6) is 0 Å². The van der Waals surface area contributed by atoms with Crippen LogP contribution in [0.15, 0.2) is 35.1 Å². The van der Waals surface area contributed by atoms with Gasteiger partial charge in [0.1, 0.15) is 0 Å². The van der Waals surface area contributed by atoms with E-state index in [1.54, 1.807) is 4.68 Å². The SMILES string of the molecule is CC(Nc1cccc(Cl)c1Br)c1cnn(C)c1. The number of benzene rings is 1. The van der Waals surface area contributed by atoms with Crippen molar-refractivity contribution in [1.82, 2.24) is 9.78 Å². The van der Waals surface area contributed by atoms with Crippen LogP contribution in [0, 0.1) is 0 Å². The number of nitrogens with zero attached hydrogens (tertiary/aromatic N) is 2. The van der Waals surface area contributed by atoms with Gasteiger partial charge in [-0.3, -0.25) is 4.68 Å². The second kappa shape index (κ2) is 5.10. The standard InChI is InChI=1S/C12H13BrClN3/c1-8(9-6-15-17(2)7-9)16-11-5-3-4-10(14)12(11)13/h3-8,16H,1-2H3. The molecule has 2 rings (SSSR count). The summed E-state index contributed by atoms with van der Waals surface area (Å²) >= 11 is 9.52. The summed E-state index contributed by atoms with van der Waals surface area (Å²) in [5, 5.41) is 8.26. The van der Waals surface area contributed by atoms with E-state index in [1.165, 1.54) is 0 Å². The molecule has 0 saturated carbocycles. The van der Waals surface area contributed by atoms with Gasteiger partial charge in [-0.25, -0.2) is 0 Å². The zero-order chi connectivity index (χ0) is 12.4. The zero-order valence-corrected chi connectivity index (χ0v) is 12.0. The van der Waals surface area contributed by atoms with E-state index in [-0.39, 0.29) is 6.04 Å². The van der Waals surface area contributed by atoms with Gasteiger partial charge in [0, 0.05) is 18.8 Å². The van der Waals surface area contributed by atoms with Crippen LogP contribution < -0.4 is 5.32 Å². The van der Waals surface area contributed by atoms with Crippen molar-refractivity contribution in [3.63, 3.8) is 0 Å². The summed E-state index contributed by atoms with van der Waals surface area (Å²) in [6.07, 6.45) is 3.85. The van der Waals surface area contributed by atoms with Crippen LogP contribution in [0.2, 0.25) is 5.02 Å². The van der Waals surface area contributed by atoms with Crippen LogP contribution in [0.3, 0.4) is 0 Å². The Balaban J connectivity index is 2.18. The second-order valence-corrected chi connectivity index (χ2v) is 5.11. The van der Waals surface area contributed by atoms with Gasteiger partial charge in [0.2, 0.25) is 0 Å². The summed E-state index contributed by atoms with van der Waals surface area (Å²) in [5.41, 5.74) is 2.12. The van der Waals surface area contributed by atoms with E-state index in [0.29, 0.717) is 5.02 Å². The lowest BCUT2D eigenvalue weighted by molar-refractivity contribution is 0.765. The molecule has 1 heterocycles. The molecule has 0 saturated heterocycles. The minimum atomic E-state index is 0.179. The van der Waals surface area contributed by atoms with E-state index in [1.807, 2.05) is 37.6 Å². The number of hydrogen-bond donors (Lipinski definition) is 1. The molecule has 5 heteroatoms. The van der Waals surface area contributed by atoms with Gasteiger partial charge < -0.3 is 5.32 Å². The molecule has 0 bridgehead atoms. The predicted octanol–water partition coefficient (Wildman–Crippen LogP) is 4.01. The Hall–Kier alpha value is -1.00. The Labute approximate surface area is 114 Å². The molecule has 3 nitrogen and oxygen atoms in total. The Kier molecular flexibility index (Phi) is 3.74. The Morgan fingerprint density at radius 2 is 2.24 bits per heavy atom. The van der Waals surface area contributed by atoms with Crippen LogP contribution in [0.1, 0.15) is 18.5 Å². The van der Waals surface area contributed by atoms with E-state index in [0.717, 1.165) is 15.7 Å². The summed E-state index contributed by atoms with van der Waals surface area (Å²) < 4.78 is 2.68. The molecule has 0 amide bonds. The fourth-order valence-electron chi connectivity index (χ4n) is 1.60. The van der Waals surface area contributed by atoms with Gasteiger partial charge in [-0.2, -0.15) is 5.10 Å². The van der Waals surface area contributed by atoms with E-state index in [9.17, 15) is 0 Å². The number of aryl methyl sites for hydroxylation is 1. The third-order valence-corrected chi connectivity index (χ3v) is 3.95. The van der Waals surface area contributed by atoms with Gasteiger partial charge in [-0.1, -0.05) is 17.7 Å². The smallest absolute Gasteiger partial charge is 0.0593 e. The highest BCUT2D eigenvalue weighted by molar-refractivity contribution is 9.10. The lowest BCUT2D eigenvalue weighted by atomic mass is 10.2. The number of hydrogen-bond acceptors (Lipinski definition) is 2. The van der Waals surface area contributed by atoms with Crippen molar-refractivity contribution in [2.75, 3.05) is 5.32 Å². The van der Waals surface area contributed by atoms with Crippen molar-refractivity contribution in [3.05, 3.63) is 45.7 Å². The molecular formula is C12H13BrClN3. The monoisotopic (exact) mass is 313 g/mol. The highest BCUT2D eigenvalue weighted by Crippen LogP contribution is 2.32. The molecule has 0 aliphatic carbocycles. The normalized spacial score (nSPS) is 12.5. The average Bonchev–Trinajstić information content (AvgIpc) is 2.72. The van der Waals surface area contributed by atoms with Crippen LogP contribution in [-0.2, 0) is 7.05 Å². The molecule has 0 aliphatic rings. The molecule has 1 aromatic heterocycles. The van der Waals surface area contributed by atoms with Crippen molar-refractivity contribution in [1.29, 1.82) is 0 Å². The predicted molar refractivity (Wildman–Crippen MR) is 74.4 cm³/mol. The van der Waals surface area contributed by atoms with Crippen molar-refractivity contribution >= 4 is 33.2 Å². The van der Waals surface area contributed by atoms with Crippen molar-refractivity contribution in [2.45, 2.75) is 13.0 Å². The Bertz CT molecular complexity index is 524. The maximum Gasteiger partial charge on any atom is 0.0593 e. The molecule has 1 unspecified atom stereocenters. The lowest BCUT2D eigenvalue weighted by Crippen LogP contribution is -2.06. The maximum absolute atomic E-state index is 6.04. The third kappa shape index (κ3) is 2.82. The number of anilines is 1. The first-order valence-electron chi connectivity index (χ1n) is 5.27. The quantitative estimate of drug-likeness (QED) is 0.927. The minimum Gasteiger partial charge on any atom is -0.377 e. The Morgan fingerprint density at radius 3 is 2.88 bits per heavy atom. The minimum absolute atomic E-state index is 0.179. The Morgan fingerprint density at radius 1 is 1.47 bits per heavy atom. The third-order valence-electron chi connectivity index (χ3n) is 2.55. The molecule has 90 valence electrons. The maximum atomic E-state index is 6.04. The molecule has 0 radical (unpaired) electrons. The molecule has 1 atom stereocenters. The van der Waals surface area contributed by atoms with Gasteiger partial charge in [-0.15, -0.1) is 0 Å². The van der Waals surface area contributed by atoms with Crippen molar-refractivity contribution in [2.24, 2.45) is 7.05 Å². The first kappa shape index (κ1) is 12.5. The number of aromatic nitrogens is 2. The van der Waals surface area contributed by atoms with E-state index < -0.39 is 0 Å². The molecular weight excluding hydrogens is 302 g/mol. The topological polar surface area (TPSA) is 29.9 Å². The van der Waals surface area contributed by atoms with E-state index >= 15 is 0 Å². The van der Waals surface area contributed by atoms with Gasteiger partial charge in [0.25, 0.3) is 0 Å². The lowest BCUT2D eigenvalue weighted by Gasteiger charge is -2.15. The van der Waals surface area contributed by atoms with Crippen LogP contribution in [0.4, 0.5) is 5.69 Å². The van der Waals surface area contributed by atoms with E-state index in [4.69, 9.17) is 11.6 Å². The number of rotatable bonds is 3. The summed E-state index contributed by atoms with van der Waals surface area (Å²) in [7, 11) is 1.91. The second-order valence-electron chi connectivity index (χ2n) is 3.91. The zero-order valence-electron chi connectivity index (χ0n) is 9.61. The van der Waals surface area contributed by atoms with Gasteiger partial charge in [0.15, 0.2) is 0 Å². The van der Waals surface area contributed by atoms with E-state index in [2.05, 4.69) is 33.3 Å². The van der Waals surface area contributed by atoms with Crippen molar-refractivity contribution < 1.29 is 0 Å². The number of nitrogens with one attached hydrogen (secondary N) is 1. The summed E-state index contributed by atoms with van der Waals surface area (Å²) in [4.78, 5) is 0. The molecule has 0 aliphatic heterocycles. The van der Waals surface area contributed by atoms with Crippen LogP contribution in [-0.4, -0.2) is 9.78 Å².